The Morgan fingerprint density at radius 1 is 1.16 bits per heavy atom. The monoisotopic (exact) mass is 478 g/mol. The van der Waals surface area contributed by atoms with Crippen LogP contribution in [0.15, 0.2) is 69.3 Å². The predicted molar refractivity (Wildman–Crippen MR) is 119 cm³/mol. The molecular formula is C23H22BrLiNO5+. The number of furan rings is 1. The first-order valence-corrected chi connectivity index (χ1v) is 10.1. The summed E-state index contributed by atoms with van der Waals surface area (Å²) in [4.78, 5) is 11.5. The average Bonchev–Trinajstić information content (AvgIpc) is 3.20. The first kappa shape index (κ1) is 24.8. The van der Waals surface area contributed by atoms with Crippen LogP contribution < -0.4 is 33.8 Å². The molecule has 0 unspecified atom stereocenters. The molecule has 0 aliphatic rings. The van der Waals surface area contributed by atoms with E-state index in [1.165, 1.54) is 6.08 Å². The second-order valence-electron chi connectivity index (χ2n) is 6.78. The molecule has 6 nitrogen and oxygen atoms in total. The molecule has 8 heteroatoms. The van der Waals surface area contributed by atoms with Gasteiger partial charge in [-0.1, -0.05) is 33.6 Å². The molecule has 0 saturated heterocycles. The zero-order valence-electron chi connectivity index (χ0n) is 17.6. The van der Waals surface area contributed by atoms with Crippen LogP contribution in [0.5, 0.6) is 11.5 Å². The molecular weight excluding hydrogens is 457 g/mol. The standard InChI is InChI=1S/C23H22BrNO5.Li/c1-15(2)9-11-29-23-21-18(10-12-28-21)13-17(5-8-20(26)25-27)22(23)30-14-16-3-6-19(24)7-4-16;/h3-10,12-13,27H,11,14H2,1-2H3,(H,25,26);/q;+1/b8-5+;. The number of carbonyl (C=O) groups is 1. The smallest absolute Gasteiger partial charge is 0.484 e. The van der Waals surface area contributed by atoms with Gasteiger partial charge in [0.25, 0.3) is 5.91 Å². The maximum Gasteiger partial charge on any atom is 1.00 e. The van der Waals surface area contributed by atoms with E-state index in [4.69, 9.17) is 19.1 Å². The van der Waals surface area contributed by atoms with E-state index < -0.39 is 5.91 Å². The Labute approximate surface area is 201 Å². The van der Waals surface area contributed by atoms with Gasteiger partial charge in [0, 0.05) is 21.5 Å². The Hall–Kier alpha value is -2.43. The van der Waals surface area contributed by atoms with E-state index >= 15 is 0 Å². The van der Waals surface area contributed by atoms with Crippen LogP contribution in [0.25, 0.3) is 17.0 Å². The van der Waals surface area contributed by atoms with E-state index in [-0.39, 0.29) is 18.9 Å². The molecule has 31 heavy (non-hydrogen) atoms. The Balaban J connectivity index is 0.00000341. The summed E-state index contributed by atoms with van der Waals surface area (Å²) in [6, 6.07) is 11.4. The molecule has 0 atom stereocenters. The van der Waals surface area contributed by atoms with Crippen molar-refractivity contribution in [3.8, 4) is 11.5 Å². The summed E-state index contributed by atoms with van der Waals surface area (Å²) in [6.45, 7) is 4.62. The first-order valence-electron chi connectivity index (χ1n) is 9.27. The SMILES string of the molecule is CC(C)=CCOc1c(OCc2ccc(Br)cc2)c(/C=C/C(=O)NO)cc2ccoc12.[Li+]. The van der Waals surface area contributed by atoms with E-state index in [0.717, 1.165) is 21.0 Å². The number of carbonyl (C=O) groups excluding carboxylic acids is 1. The summed E-state index contributed by atoms with van der Waals surface area (Å²) in [7, 11) is 0. The van der Waals surface area contributed by atoms with Crippen LogP contribution in [0.2, 0.25) is 0 Å². The molecule has 1 heterocycles. The van der Waals surface area contributed by atoms with Crippen molar-refractivity contribution in [1.29, 1.82) is 0 Å². The fourth-order valence-corrected chi connectivity index (χ4v) is 2.98. The molecule has 1 amide bonds. The van der Waals surface area contributed by atoms with Crippen molar-refractivity contribution < 1.29 is 42.8 Å². The van der Waals surface area contributed by atoms with Gasteiger partial charge in [-0.15, -0.1) is 0 Å². The van der Waals surface area contributed by atoms with Crippen LogP contribution in [0, 0.1) is 0 Å². The molecule has 0 saturated carbocycles. The minimum absolute atomic E-state index is 0. The van der Waals surface area contributed by atoms with Crippen molar-refractivity contribution >= 4 is 38.9 Å². The Kier molecular flexibility index (Phi) is 9.47. The van der Waals surface area contributed by atoms with E-state index in [1.807, 2.05) is 56.3 Å². The fraction of sp³-hybridized carbons (Fsp3) is 0.174. The fourth-order valence-electron chi connectivity index (χ4n) is 2.72. The Morgan fingerprint density at radius 2 is 1.90 bits per heavy atom. The summed E-state index contributed by atoms with van der Waals surface area (Å²) in [5, 5.41) is 9.59. The van der Waals surface area contributed by atoms with Gasteiger partial charge < -0.3 is 13.9 Å². The van der Waals surface area contributed by atoms with Crippen LogP contribution >= 0.6 is 15.9 Å². The number of rotatable bonds is 8. The molecule has 3 rings (SSSR count). The molecule has 2 N–H and O–H groups in total. The van der Waals surface area contributed by atoms with Gasteiger partial charge >= 0.3 is 18.9 Å². The third-order valence-electron chi connectivity index (χ3n) is 4.22. The summed E-state index contributed by atoms with van der Waals surface area (Å²) in [6.07, 6.45) is 6.30. The number of fused-ring (bicyclic) bond motifs is 1. The zero-order chi connectivity index (χ0) is 21.5. The predicted octanol–water partition coefficient (Wildman–Crippen LogP) is 2.64. The summed E-state index contributed by atoms with van der Waals surface area (Å²) in [5.41, 5.74) is 4.86. The number of ether oxygens (including phenoxy) is 2. The van der Waals surface area contributed by atoms with E-state index in [9.17, 15) is 4.79 Å². The van der Waals surface area contributed by atoms with E-state index in [0.29, 0.717) is 35.9 Å². The summed E-state index contributed by atoms with van der Waals surface area (Å²) in [5.74, 6) is 0.258. The van der Waals surface area contributed by atoms with Gasteiger partial charge in [0.05, 0.1) is 6.26 Å². The molecule has 156 valence electrons. The molecule has 3 aromatic rings. The van der Waals surface area contributed by atoms with Gasteiger partial charge in [-0.3, -0.25) is 10.0 Å². The number of hydroxylamine groups is 1. The number of nitrogens with one attached hydrogen (secondary N) is 1. The third kappa shape index (κ3) is 6.78. The van der Waals surface area contributed by atoms with Gasteiger partial charge in [0.2, 0.25) is 5.75 Å². The number of halogens is 1. The van der Waals surface area contributed by atoms with Gasteiger partial charge in [-0.2, -0.15) is 0 Å². The number of amides is 1. The second kappa shape index (κ2) is 11.8. The molecule has 0 radical (unpaired) electrons. The maximum atomic E-state index is 11.5. The van der Waals surface area contributed by atoms with Gasteiger partial charge in [-0.25, -0.2) is 5.48 Å². The minimum atomic E-state index is -0.645. The topological polar surface area (TPSA) is 80.9 Å². The van der Waals surface area contributed by atoms with Gasteiger partial charge in [-0.05, 0) is 55.8 Å². The van der Waals surface area contributed by atoms with Crippen molar-refractivity contribution in [3.63, 3.8) is 0 Å². The van der Waals surface area contributed by atoms with Crippen LogP contribution in [0.3, 0.4) is 0 Å². The van der Waals surface area contributed by atoms with Crippen LogP contribution in [0.1, 0.15) is 25.0 Å². The van der Waals surface area contributed by atoms with Crippen LogP contribution in [-0.4, -0.2) is 17.7 Å². The molecule has 0 bridgehead atoms. The van der Waals surface area contributed by atoms with Gasteiger partial charge in [0.15, 0.2) is 11.3 Å². The molecule has 2 aromatic carbocycles. The minimum Gasteiger partial charge on any atom is -0.484 e. The molecule has 0 aliphatic heterocycles. The summed E-state index contributed by atoms with van der Waals surface area (Å²) >= 11 is 3.42. The second-order valence-corrected chi connectivity index (χ2v) is 7.70. The number of hydrogen-bond acceptors (Lipinski definition) is 5. The average molecular weight is 479 g/mol. The zero-order valence-corrected chi connectivity index (χ0v) is 19.2. The van der Waals surface area contributed by atoms with Crippen LogP contribution in [0.4, 0.5) is 0 Å². The largest absolute Gasteiger partial charge is 1.00 e. The normalized spacial score (nSPS) is 10.6. The third-order valence-corrected chi connectivity index (χ3v) is 4.75. The van der Waals surface area contributed by atoms with Crippen molar-refractivity contribution in [2.45, 2.75) is 20.5 Å². The first-order chi connectivity index (χ1) is 14.5. The number of hydrogen-bond donors (Lipinski definition) is 2. The quantitative estimate of drug-likeness (QED) is 0.171. The summed E-state index contributed by atoms with van der Waals surface area (Å²) < 4.78 is 18.8. The Morgan fingerprint density at radius 3 is 2.58 bits per heavy atom. The molecule has 0 spiro atoms. The molecule has 0 aliphatic carbocycles. The molecule has 0 fully saturated rings. The molecule has 1 aromatic heterocycles. The maximum absolute atomic E-state index is 11.5. The van der Waals surface area contributed by atoms with Gasteiger partial charge in [0.1, 0.15) is 13.2 Å². The van der Waals surface area contributed by atoms with E-state index in [1.54, 1.807) is 17.8 Å². The van der Waals surface area contributed by atoms with Crippen molar-refractivity contribution in [1.82, 2.24) is 5.48 Å². The van der Waals surface area contributed by atoms with Crippen molar-refractivity contribution in [3.05, 3.63) is 76.0 Å². The van der Waals surface area contributed by atoms with Crippen molar-refractivity contribution in [2.75, 3.05) is 6.61 Å². The van der Waals surface area contributed by atoms with E-state index in [2.05, 4.69) is 15.9 Å². The Bertz CT molecular complexity index is 1090. The van der Waals surface area contributed by atoms with Crippen molar-refractivity contribution in [2.24, 2.45) is 0 Å². The number of benzene rings is 2. The van der Waals surface area contributed by atoms with Crippen LogP contribution in [-0.2, 0) is 11.4 Å². The number of allylic oxidation sites excluding steroid dienone is 1.